The van der Waals surface area contributed by atoms with Gasteiger partial charge in [-0.15, -0.1) is 0 Å². The van der Waals surface area contributed by atoms with Crippen molar-refractivity contribution in [2.45, 2.75) is 33.2 Å². The molecule has 0 saturated heterocycles. The van der Waals surface area contributed by atoms with Gasteiger partial charge in [-0.25, -0.2) is 4.98 Å². The van der Waals surface area contributed by atoms with Gasteiger partial charge >= 0.3 is 0 Å². The highest BCUT2D eigenvalue weighted by atomic mass is 16.3. The minimum absolute atomic E-state index is 0.781. The van der Waals surface area contributed by atoms with Crippen molar-refractivity contribution in [3.05, 3.63) is 41.9 Å². The largest absolute Gasteiger partial charge is 0.464 e. The number of nitrogens with zero attached hydrogens (tertiary/aromatic N) is 2. The van der Waals surface area contributed by atoms with Gasteiger partial charge < -0.3 is 8.98 Å². The molecule has 80 valence electrons. The highest BCUT2D eigenvalue weighted by molar-refractivity contribution is 5.07. The van der Waals surface area contributed by atoms with Gasteiger partial charge in [-0.2, -0.15) is 0 Å². The summed E-state index contributed by atoms with van der Waals surface area (Å²) in [5.41, 5.74) is 0. The van der Waals surface area contributed by atoms with E-state index in [1.54, 1.807) is 0 Å². The van der Waals surface area contributed by atoms with Crippen LogP contribution < -0.4 is 0 Å². The van der Waals surface area contributed by atoms with Gasteiger partial charge in [0.05, 0.1) is 6.54 Å². The lowest BCUT2D eigenvalue weighted by molar-refractivity contribution is 0.466. The molecule has 0 radical (unpaired) electrons. The Morgan fingerprint density at radius 1 is 1.40 bits per heavy atom. The van der Waals surface area contributed by atoms with Crippen LogP contribution in [0.2, 0.25) is 0 Å². The van der Waals surface area contributed by atoms with Crippen LogP contribution in [0.1, 0.15) is 30.7 Å². The Kier molecular flexibility index (Phi) is 2.90. The fourth-order valence-corrected chi connectivity index (χ4v) is 1.67. The first-order valence-corrected chi connectivity index (χ1v) is 5.35. The maximum absolute atomic E-state index is 5.54. The Balaban J connectivity index is 2.13. The zero-order valence-corrected chi connectivity index (χ0v) is 9.23. The molecular weight excluding hydrogens is 188 g/mol. The summed E-state index contributed by atoms with van der Waals surface area (Å²) in [6.45, 7) is 4.91. The van der Waals surface area contributed by atoms with E-state index in [1.165, 1.54) is 0 Å². The van der Waals surface area contributed by atoms with E-state index >= 15 is 0 Å². The third-order valence-corrected chi connectivity index (χ3v) is 2.40. The van der Waals surface area contributed by atoms with Crippen LogP contribution in [-0.2, 0) is 13.0 Å². The van der Waals surface area contributed by atoms with Gasteiger partial charge in [-0.1, -0.05) is 6.92 Å². The van der Waals surface area contributed by atoms with Crippen LogP contribution in [0.4, 0.5) is 0 Å². The van der Waals surface area contributed by atoms with Crippen molar-refractivity contribution in [2.24, 2.45) is 0 Å². The molecule has 0 atom stereocenters. The molecule has 0 fully saturated rings. The third kappa shape index (κ3) is 2.29. The predicted octanol–water partition coefficient (Wildman–Crippen LogP) is 2.79. The molecule has 0 saturated carbocycles. The van der Waals surface area contributed by atoms with Gasteiger partial charge in [0, 0.05) is 18.8 Å². The number of rotatable bonds is 4. The average Bonchev–Trinajstić information content (AvgIpc) is 2.78. The monoisotopic (exact) mass is 204 g/mol. The molecule has 0 N–H and O–H groups in total. The molecule has 2 aromatic rings. The Labute approximate surface area is 89.7 Å². The number of hydrogen-bond acceptors (Lipinski definition) is 2. The number of hydrogen-bond donors (Lipinski definition) is 0. The zero-order chi connectivity index (χ0) is 10.7. The van der Waals surface area contributed by atoms with Gasteiger partial charge in [0.1, 0.15) is 17.3 Å². The van der Waals surface area contributed by atoms with E-state index in [9.17, 15) is 0 Å². The topological polar surface area (TPSA) is 31.0 Å². The average molecular weight is 204 g/mol. The molecule has 2 rings (SSSR count). The molecule has 0 aliphatic heterocycles. The smallest absolute Gasteiger partial charge is 0.123 e. The van der Waals surface area contributed by atoms with Crippen molar-refractivity contribution in [2.75, 3.05) is 0 Å². The van der Waals surface area contributed by atoms with Crippen LogP contribution >= 0.6 is 0 Å². The van der Waals surface area contributed by atoms with Crippen LogP contribution in [0.15, 0.2) is 28.9 Å². The fraction of sp³-hybridized carbons (Fsp3) is 0.417. The van der Waals surface area contributed by atoms with Crippen LogP contribution in [0.5, 0.6) is 0 Å². The van der Waals surface area contributed by atoms with Crippen LogP contribution in [0.25, 0.3) is 0 Å². The first-order valence-electron chi connectivity index (χ1n) is 5.35. The Morgan fingerprint density at radius 3 is 2.93 bits per heavy atom. The SMILES string of the molecule is CCCc1nccn1Cc1ccc(C)o1. The summed E-state index contributed by atoms with van der Waals surface area (Å²) in [7, 11) is 0. The van der Waals surface area contributed by atoms with Crippen molar-refractivity contribution in [1.29, 1.82) is 0 Å². The van der Waals surface area contributed by atoms with Crippen LogP contribution in [0, 0.1) is 6.92 Å². The van der Waals surface area contributed by atoms with E-state index in [0.29, 0.717) is 0 Å². The number of aryl methyl sites for hydroxylation is 2. The van der Waals surface area contributed by atoms with Crippen molar-refractivity contribution in [1.82, 2.24) is 9.55 Å². The molecule has 3 heteroatoms. The third-order valence-electron chi connectivity index (χ3n) is 2.40. The predicted molar refractivity (Wildman–Crippen MR) is 58.8 cm³/mol. The lowest BCUT2D eigenvalue weighted by atomic mass is 10.3. The van der Waals surface area contributed by atoms with E-state index in [2.05, 4.69) is 16.5 Å². The van der Waals surface area contributed by atoms with E-state index in [0.717, 1.165) is 36.7 Å². The Hall–Kier alpha value is -1.51. The standard InChI is InChI=1S/C12H16N2O/c1-3-4-12-13-7-8-14(12)9-11-6-5-10(2)15-11/h5-8H,3-4,9H2,1-2H3. The molecule has 2 aromatic heterocycles. The summed E-state index contributed by atoms with van der Waals surface area (Å²) in [6, 6.07) is 4.01. The minimum atomic E-state index is 0.781. The summed E-state index contributed by atoms with van der Waals surface area (Å²) < 4.78 is 7.68. The number of imidazole rings is 1. The molecule has 3 nitrogen and oxygen atoms in total. The lowest BCUT2D eigenvalue weighted by Gasteiger charge is -2.04. The molecule has 0 spiro atoms. The maximum atomic E-state index is 5.54. The summed E-state index contributed by atoms with van der Waals surface area (Å²) in [5, 5.41) is 0. The number of aromatic nitrogens is 2. The van der Waals surface area contributed by atoms with E-state index in [1.807, 2.05) is 31.5 Å². The Bertz CT molecular complexity index is 428. The van der Waals surface area contributed by atoms with Gasteiger partial charge in [-0.3, -0.25) is 0 Å². The molecule has 0 unspecified atom stereocenters. The van der Waals surface area contributed by atoms with Gasteiger partial charge in [0.25, 0.3) is 0 Å². The van der Waals surface area contributed by atoms with Gasteiger partial charge in [0.2, 0.25) is 0 Å². The van der Waals surface area contributed by atoms with Crippen LogP contribution in [-0.4, -0.2) is 9.55 Å². The summed E-state index contributed by atoms with van der Waals surface area (Å²) >= 11 is 0. The lowest BCUT2D eigenvalue weighted by Crippen LogP contribution is -2.03. The maximum Gasteiger partial charge on any atom is 0.123 e. The highest BCUT2D eigenvalue weighted by Crippen LogP contribution is 2.10. The van der Waals surface area contributed by atoms with E-state index < -0.39 is 0 Å². The van der Waals surface area contributed by atoms with E-state index in [4.69, 9.17) is 4.42 Å². The zero-order valence-electron chi connectivity index (χ0n) is 9.23. The van der Waals surface area contributed by atoms with Crippen molar-refractivity contribution < 1.29 is 4.42 Å². The summed E-state index contributed by atoms with van der Waals surface area (Å²) in [6.07, 6.45) is 5.99. The normalized spacial score (nSPS) is 10.8. The summed E-state index contributed by atoms with van der Waals surface area (Å²) in [5.74, 6) is 3.08. The molecule has 0 bridgehead atoms. The molecule has 15 heavy (non-hydrogen) atoms. The first kappa shape index (κ1) is 10.0. The molecule has 0 amide bonds. The molecule has 2 heterocycles. The quantitative estimate of drug-likeness (QED) is 0.766. The molecule has 0 aromatic carbocycles. The minimum Gasteiger partial charge on any atom is -0.464 e. The second-order valence-electron chi connectivity index (χ2n) is 3.73. The second-order valence-corrected chi connectivity index (χ2v) is 3.73. The van der Waals surface area contributed by atoms with Crippen molar-refractivity contribution >= 4 is 0 Å². The fourth-order valence-electron chi connectivity index (χ4n) is 1.67. The highest BCUT2D eigenvalue weighted by Gasteiger charge is 2.04. The van der Waals surface area contributed by atoms with E-state index in [-0.39, 0.29) is 0 Å². The number of furan rings is 1. The molecule has 0 aliphatic rings. The van der Waals surface area contributed by atoms with Gasteiger partial charge in [-0.05, 0) is 25.5 Å². The van der Waals surface area contributed by atoms with Gasteiger partial charge in [0.15, 0.2) is 0 Å². The van der Waals surface area contributed by atoms with Crippen LogP contribution in [0.3, 0.4) is 0 Å². The van der Waals surface area contributed by atoms with Crippen molar-refractivity contribution in [3.63, 3.8) is 0 Å². The van der Waals surface area contributed by atoms with Crippen molar-refractivity contribution in [3.8, 4) is 0 Å². The first-order chi connectivity index (χ1) is 7.29. The summed E-state index contributed by atoms with van der Waals surface area (Å²) in [4.78, 5) is 4.33. The Morgan fingerprint density at radius 2 is 2.27 bits per heavy atom. The second kappa shape index (κ2) is 4.34. The molecule has 0 aliphatic carbocycles. The molecular formula is C12H16N2O.